The topological polar surface area (TPSA) is 46.6 Å². The molecule has 28 heavy (non-hydrogen) atoms. The lowest BCUT2D eigenvalue weighted by Crippen LogP contribution is -2.27. The second-order valence-electron chi connectivity index (χ2n) is 7.86. The average molecular weight is 398 g/mol. The van der Waals surface area contributed by atoms with Crippen molar-refractivity contribution >= 4 is 11.9 Å². The normalized spacial score (nSPS) is 16.1. The Bertz CT molecular complexity index is 384. The van der Waals surface area contributed by atoms with Crippen LogP contribution < -0.4 is 0 Å². The molecule has 1 unspecified atom stereocenters. The number of methoxy groups -OCH3 is 1. The molecule has 1 amide bonds. The summed E-state index contributed by atoms with van der Waals surface area (Å²) in [6.07, 6.45) is 19.1. The fraction of sp³-hybridized carbons (Fsp3) is 0.917. The molecule has 0 aromatic carbocycles. The number of nitrogens with zero attached hydrogens (tertiary/aromatic N) is 1. The summed E-state index contributed by atoms with van der Waals surface area (Å²) in [5.41, 5.74) is 0. The van der Waals surface area contributed by atoms with Gasteiger partial charge >= 0.3 is 5.97 Å². The molecule has 0 aromatic heterocycles. The van der Waals surface area contributed by atoms with E-state index in [1.165, 1.54) is 90.6 Å². The molecule has 0 saturated carbocycles. The van der Waals surface area contributed by atoms with E-state index in [-0.39, 0.29) is 17.8 Å². The van der Waals surface area contributed by atoms with Crippen molar-refractivity contribution in [3.63, 3.8) is 0 Å². The summed E-state index contributed by atoms with van der Waals surface area (Å²) in [5, 5.41) is 0. The van der Waals surface area contributed by atoms with E-state index in [0.29, 0.717) is 13.0 Å². The van der Waals surface area contributed by atoms with Crippen molar-refractivity contribution in [2.75, 3.05) is 20.2 Å². The SMILES string of the molecule is CC.CCCCCCCCCCCCCCCCN1CC(C(=O)OC)CC1=O. The number of ether oxygens (including phenoxy) is 1. The zero-order valence-corrected chi connectivity index (χ0v) is 19.3. The first-order chi connectivity index (χ1) is 13.7. The van der Waals surface area contributed by atoms with Crippen LogP contribution in [-0.4, -0.2) is 37.0 Å². The number of hydrogen-bond acceptors (Lipinski definition) is 3. The van der Waals surface area contributed by atoms with Crippen LogP contribution in [0.4, 0.5) is 0 Å². The maximum Gasteiger partial charge on any atom is 0.310 e. The minimum atomic E-state index is -0.251. The molecule has 0 spiro atoms. The molecular formula is C24H47NO3. The second-order valence-corrected chi connectivity index (χ2v) is 7.86. The van der Waals surface area contributed by atoms with E-state index in [1.54, 1.807) is 0 Å². The third kappa shape index (κ3) is 13.2. The van der Waals surface area contributed by atoms with Crippen molar-refractivity contribution in [1.29, 1.82) is 0 Å². The Kier molecular flexibility index (Phi) is 18.5. The lowest BCUT2D eigenvalue weighted by atomic mass is 10.0. The zero-order chi connectivity index (χ0) is 21.0. The fourth-order valence-electron chi connectivity index (χ4n) is 3.81. The molecule has 0 aliphatic carbocycles. The summed E-state index contributed by atoms with van der Waals surface area (Å²) < 4.78 is 4.74. The van der Waals surface area contributed by atoms with Crippen LogP contribution in [-0.2, 0) is 14.3 Å². The first-order valence-electron chi connectivity index (χ1n) is 12.0. The maximum atomic E-state index is 11.9. The summed E-state index contributed by atoms with van der Waals surface area (Å²) in [5.74, 6) is -0.393. The Balaban J connectivity index is 0.00000352. The largest absolute Gasteiger partial charge is 0.469 e. The van der Waals surface area contributed by atoms with Gasteiger partial charge in [0.2, 0.25) is 5.91 Å². The molecule has 4 heteroatoms. The molecular weight excluding hydrogens is 350 g/mol. The molecule has 0 radical (unpaired) electrons. The van der Waals surface area contributed by atoms with Crippen molar-refractivity contribution in [3.05, 3.63) is 0 Å². The quantitative estimate of drug-likeness (QED) is 0.220. The molecule has 1 saturated heterocycles. The fourth-order valence-corrected chi connectivity index (χ4v) is 3.81. The van der Waals surface area contributed by atoms with Crippen molar-refractivity contribution in [1.82, 2.24) is 4.90 Å². The lowest BCUT2D eigenvalue weighted by molar-refractivity contribution is -0.145. The van der Waals surface area contributed by atoms with E-state index in [1.807, 2.05) is 18.7 Å². The van der Waals surface area contributed by atoms with Gasteiger partial charge in [0.1, 0.15) is 0 Å². The molecule has 1 rings (SSSR count). The molecule has 1 aliphatic rings. The van der Waals surface area contributed by atoms with E-state index in [9.17, 15) is 9.59 Å². The average Bonchev–Trinajstić information content (AvgIpc) is 3.09. The highest BCUT2D eigenvalue weighted by molar-refractivity contribution is 5.86. The smallest absolute Gasteiger partial charge is 0.310 e. The van der Waals surface area contributed by atoms with Crippen LogP contribution in [0.15, 0.2) is 0 Å². The van der Waals surface area contributed by atoms with Crippen LogP contribution in [0, 0.1) is 5.92 Å². The van der Waals surface area contributed by atoms with Crippen molar-refractivity contribution in [2.45, 2.75) is 117 Å². The standard InChI is InChI=1S/C22H41NO3.C2H6/c1-3-4-5-6-7-8-9-10-11-12-13-14-15-16-17-23-19-20(18-21(23)24)22(25)26-2;1-2/h20H,3-19H2,1-2H3;1-2H3. The van der Waals surface area contributed by atoms with Crippen LogP contribution >= 0.6 is 0 Å². The van der Waals surface area contributed by atoms with Crippen LogP contribution in [0.5, 0.6) is 0 Å². The Morgan fingerprint density at radius 3 is 1.71 bits per heavy atom. The summed E-state index contributed by atoms with van der Waals surface area (Å²) in [7, 11) is 1.39. The third-order valence-corrected chi connectivity index (χ3v) is 5.53. The molecule has 166 valence electrons. The molecule has 1 fully saturated rings. The first-order valence-corrected chi connectivity index (χ1v) is 12.0. The number of rotatable bonds is 16. The third-order valence-electron chi connectivity index (χ3n) is 5.53. The van der Waals surface area contributed by atoms with Gasteiger partial charge in [-0.15, -0.1) is 0 Å². The van der Waals surface area contributed by atoms with Gasteiger partial charge < -0.3 is 9.64 Å². The van der Waals surface area contributed by atoms with Gasteiger partial charge in [-0.1, -0.05) is 104 Å². The van der Waals surface area contributed by atoms with Gasteiger partial charge in [-0.05, 0) is 6.42 Å². The number of carbonyl (C=O) groups is 2. The van der Waals surface area contributed by atoms with Crippen molar-refractivity contribution in [3.8, 4) is 0 Å². The number of amides is 1. The van der Waals surface area contributed by atoms with E-state index in [4.69, 9.17) is 4.74 Å². The highest BCUT2D eigenvalue weighted by Crippen LogP contribution is 2.20. The molecule has 1 heterocycles. The first kappa shape index (κ1) is 26.9. The van der Waals surface area contributed by atoms with Gasteiger partial charge in [0.25, 0.3) is 0 Å². The summed E-state index contributed by atoms with van der Waals surface area (Å²) in [6, 6.07) is 0. The van der Waals surface area contributed by atoms with E-state index in [2.05, 4.69) is 6.92 Å². The Hall–Kier alpha value is -1.06. The monoisotopic (exact) mass is 397 g/mol. The number of esters is 1. The number of likely N-dealkylation sites (tertiary alicyclic amines) is 1. The molecule has 0 N–H and O–H groups in total. The van der Waals surface area contributed by atoms with Crippen LogP contribution in [0.1, 0.15) is 117 Å². The van der Waals surface area contributed by atoms with Crippen molar-refractivity contribution in [2.24, 2.45) is 5.92 Å². The number of hydrogen-bond donors (Lipinski definition) is 0. The highest BCUT2D eigenvalue weighted by Gasteiger charge is 2.34. The van der Waals surface area contributed by atoms with Gasteiger partial charge in [0.05, 0.1) is 13.0 Å². The van der Waals surface area contributed by atoms with Gasteiger partial charge in [-0.25, -0.2) is 0 Å². The predicted octanol–water partition coefficient (Wildman–Crippen LogP) is 6.52. The van der Waals surface area contributed by atoms with Gasteiger partial charge in [0.15, 0.2) is 0 Å². The maximum absolute atomic E-state index is 11.9. The lowest BCUT2D eigenvalue weighted by Gasteiger charge is -2.15. The molecule has 1 aliphatic heterocycles. The highest BCUT2D eigenvalue weighted by atomic mass is 16.5. The van der Waals surface area contributed by atoms with Crippen LogP contribution in [0.3, 0.4) is 0 Å². The van der Waals surface area contributed by atoms with Crippen LogP contribution in [0.25, 0.3) is 0 Å². The predicted molar refractivity (Wildman–Crippen MR) is 118 cm³/mol. The summed E-state index contributed by atoms with van der Waals surface area (Å²) in [6.45, 7) is 7.61. The van der Waals surface area contributed by atoms with E-state index < -0.39 is 0 Å². The zero-order valence-electron chi connectivity index (χ0n) is 19.3. The van der Waals surface area contributed by atoms with Crippen LogP contribution in [0.2, 0.25) is 0 Å². The number of carbonyl (C=O) groups excluding carboxylic acids is 2. The Morgan fingerprint density at radius 2 is 1.29 bits per heavy atom. The van der Waals surface area contributed by atoms with E-state index in [0.717, 1.165) is 13.0 Å². The van der Waals surface area contributed by atoms with Gasteiger partial charge in [0, 0.05) is 19.5 Å². The minimum absolute atomic E-state index is 0.107. The second kappa shape index (κ2) is 19.3. The van der Waals surface area contributed by atoms with Gasteiger partial charge in [-0.3, -0.25) is 9.59 Å². The summed E-state index contributed by atoms with van der Waals surface area (Å²) >= 11 is 0. The summed E-state index contributed by atoms with van der Waals surface area (Å²) in [4.78, 5) is 25.2. The Labute approximate surface area is 174 Å². The minimum Gasteiger partial charge on any atom is -0.469 e. The Morgan fingerprint density at radius 1 is 0.857 bits per heavy atom. The molecule has 0 bridgehead atoms. The number of unbranched alkanes of at least 4 members (excludes halogenated alkanes) is 13. The van der Waals surface area contributed by atoms with Crippen molar-refractivity contribution < 1.29 is 14.3 Å². The van der Waals surface area contributed by atoms with E-state index >= 15 is 0 Å². The molecule has 1 atom stereocenters. The van der Waals surface area contributed by atoms with Gasteiger partial charge in [-0.2, -0.15) is 0 Å². The molecule has 0 aromatic rings. The molecule has 4 nitrogen and oxygen atoms in total.